The van der Waals surface area contributed by atoms with Crippen molar-refractivity contribution in [3.63, 3.8) is 0 Å². The molecule has 1 aliphatic heterocycles. The van der Waals surface area contributed by atoms with Crippen molar-refractivity contribution in [3.05, 3.63) is 0 Å². The lowest BCUT2D eigenvalue weighted by Gasteiger charge is -2.21. The van der Waals surface area contributed by atoms with Crippen LogP contribution < -0.4 is 0 Å². The van der Waals surface area contributed by atoms with Gasteiger partial charge in [0.2, 0.25) is 0 Å². The number of hydrogen-bond acceptors (Lipinski definition) is 3. The minimum Gasteiger partial charge on any atom is -0.481 e. The molecular formula is C9H17NO2S. The number of hydrogen-bond donors (Lipinski definition) is 1. The summed E-state index contributed by atoms with van der Waals surface area (Å²) in [5.41, 5.74) is 0. The van der Waals surface area contributed by atoms with Crippen molar-refractivity contribution in [3.8, 4) is 0 Å². The molecule has 0 aromatic carbocycles. The topological polar surface area (TPSA) is 40.5 Å². The molecule has 13 heavy (non-hydrogen) atoms. The third kappa shape index (κ3) is 4.00. The molecular weight excluding hydrogens is 186 g/mol. The van der Waals surface area contributed by atoms with Crippen molar-refractivity contribution in [2.45, 2.75) is 13.3 Å². The van der Waals surface area contributed by atoms with Crippen LogP contribution in [0.15, 0.2) is 0 Å². The standard InChI is InChI=1S/C9H17NO2S/c1-8(9(11)12)7-10-3-2-5-13-6-4-10/h8H,2-7H2,1H3,(H,11,12). The first-order valence-electron chi connectivity index (χ1n) is 4.73. The van der Waals surface area contributed by atoms with E-state index in [-0.39, 0.29) is 5.92 Å². The second-order valence-electron chi connectivity index (χ2n) is 3.51. The summed E-state index contributed by atoms with van der Waals surface area (Å²) in [6.07, 6.45) is 1.19. The molecule has 3 nitrogen and oxygen atoms in total. The Hall–Kier alpha value is -0.220. The Morgan fingerprint density at radius 1 is 1.54 bits per heavy atom. The molecule has 1 N–H and O–H groups in total. The van der Waals surface area contributed by atoms with Gasteiger partial charge in [-0.05, 0) is 18.7 Å². The summed E-state index contributed by atoms with van der Waals surface area (Å²) in [7, 11) is 0. The van der Waals surface area contributed by atoms with Gasteiger partial charge in [-0.1, -0.05) is 6.92 Å². The minimum atomic E-state index is -0.683. The highest BCUT2D eigenvalue weighted by molar-refractivity contribution is 7.99. The number of carboxylic acid groups (broad SMARTS) is 1. The van der Waals surface area contributed by atoms with E-state index in [2.05, 4.69) is 4.90 Å². The molecule has 1 aliphatic rings. The van der Waals surface area contributed by atoms with E-state index in [0.29, 0.717) is 6.54 Å². The van der Waals surface area contributed by atoms with E-state index in [1.165, 1.54) is 12.2 Å². The molecule has 1 fully saturated rings. The molecule has 0 radical (unpaired) electrons. The maximum absolute atomic E-state index is 10.6. The fourth-order valence-corrected chi connectivity index (χ4v) is 2.37. The van der Waals surface area contributed by atoms with Gasteiger partial charge in [0.05, 0.1) is 5.92 Å². The smallest absolute Gasteiger partial charge is 0.307 e. The molecule has 0 aliphatic carbocycles. The number of nitrogens with zero attached hydrogens (tertiary/aromatic N) is 1. The quantitative estimate of drug-likeness (QED) is 0.747. The average molecular weight is 203 g/mol. The van der Waals surface area contributed by atoms with Crippen LogP contribution in [-0.4, -0.2) is 47.1 Å². The summed E-state index contributed by atoms with van der Waals surface area (Å²) in [4.78, 5) is 12.9. The van der Waals surface area contributed by atoms with Crippen LogP contribution in [0.3, 0.4) is 0 Å². The lowest BCUT2D eigenvalue weighted by atomic mass is 10.1. The van der Waals surface area contributed by atoms with Gasteiger partial charge in [-0.3, -0.25) is 4.79 Å². The van der Waals surface area contributed by atoms with Gasteiger partial charge < -0.3 is 10.0 Å². The molecule has 0 bridgehead atoms. The van der Waals surface area contributed by atoms with Gasteiger partial charge in [0.15, 0.2) is 0 Å². The molecule has 1 atom stereocenters. The zero-order valence-corrected chi connectivity index (χ0v) is 8.85. The molecule has 0 saturated carbocycles. The number of thioether (sulfide) groups is 1. The van der Waals surface area contributed by atoms with E-state index in [1.54, 1.807) is 6.92 Å². The Morgan fingerprint density at radius 2 is 2.31 bits per heavy atom. The van der Waals surface area contributed by atoms with E-state index in [1.807, 2.05) is 11.8 Å². The third-order valence-corrected chi connectivity index (χ3v) is 3.32. The van der Waals surface area contributed by atoms with Crippen molar-refractivity contribution in [2.75, 3.05) is 31.1 Å². The number of rotatable bonds is 3. The molecule has 0 aromatic rings. The molecule has 76 valence electrons. The van der Waals surface area contributed by atoms with E-state index in [0.717, 1.165) is 18.8 Å². The first kappa shape index (κ1) is 10.9. The predicted octanol–water partition coefficient (Wildman–Crippen LogP) is 1.15. The second kappa shape index (κ2) is 5.50. The SMILES string of the molecule is CC(CN1CCCSCC1)C(=O)O. The van der Waals surface area contributed by atoms with Gasteiger partial charge in [-0.15, -0.1) is 0 Å². The van der Waals surface area contributed by atoms with Crippen LogP contribution in [-0.2, 0) is 4.79 Å². The monoisotopic (exact) mass is 203 g/mol. The number of carboxylic acids is 1. The van der Waals surface area contributed by atoms with Crippen LogP contribution in [0.4, 0.5) is 0 Å². The Kier molecular flexibility index (Phi) is 4.59. The Bertz CT molecular complexity index is 167. The van der Waals surface area contributed by atoms with Crippen molar-refractivity contribution >= 4 is 17.7 Å². The van der Waals surface area contributed by atoms with Crippen molar-refractivity contribution in [1.29, 1.82) is 0 Å². The predicted molar refractivity (Wildman–Crippen MR) is 55.2 cm³/mol. The van der Waals surface area contributed by atoms with Crippen LogP contribution >= 0.6 is 11.8 Å². The largest absolute Gasteiger partial charge is 0.481 e. The van der Waals surface area contributed by atoms with E-state index >= 15 is 0 Å². The number of carbonyl (C=O) groups is 1. The van der Waals surface area contributed by atoms with Crippen LogP contribution in [0.1, 0.15) is 13.3 Å². The lowest BCUT2D eigenvalue weighted by Crippen LogP contribution is -2.33. The summed E-state index contributed by atoms with van der Waals surface area (Å²) >= 11 is 1.97. The molecule has 1 heterocycles. The second-order valence-corrected chi connectivity index (χ2v) is 4.73. The van der Waals surface area contributed by atoms with Gasteiger partial charge in [-0.25, -0.2) is 0 Å². The Morgan fingerprint density at radius 3 is 3.00 bits per heavy atom. The van der Waals surface area contributed by atoms with Gasteiger partial charge in [0.25, 0.3) is 0 Å². The summed E-state index contributed by atoms with van der Waals surface area (Å²) in [6.45, 7) is 4.59. The Balaban J connectivity index is 2.29. The highest BCUT2D eigenvalue weighted by Crippen LogP contribution is 2.11. The fraction of sp³-hybridized carbons (Fsp3) is 0.889. The summed E-state index contributed by atoms with van der Waals surface area (Å²) in [6, 6.07) is 0. The summed E-state index contributed by atoms with van der Waals surface area (Å²) in [5, 5.41) is 8.75. The maximum atomic E-state index is 10.6. The average Bonchev–Trinajstić information content (AvgIpc) is 2.32. The van der Waals surface area contributed by atoms with Gasteiger partial charge in [0, 0.05) is 18.8 Å². The summed E-state index contributed by atoms with van der Waals surface area (Å²) in [5.74, 6) is 1.45. The van der Waals surface area contributed by atoms with Crippen molar-refractivity contribution in [2.24, 2.45) is 5.92 Å². The van der Waals surface area contributed by atoms with Gasteiger partial charge in [-0.2, -0.15) is 11.8 Å². The molecule has 0 aromatic heterocycles. The molecule has 0 spiro atoms. The van der Waals surface area contributed by atoms with Crippen LogP contribution in [0.25, 0.3) is 0 Å². The highest BCUT2D eigenvalue weighted by Gasteiger charge is 2.16. The van der Waals surface area contributed by atoms with Crippen LogP contribution in [0.5, 0.6) is 0 Å². The van der Waals surface area contributed by atoms with Gasteiger partial charge in [0.1, 0.15) is 0 Å². The molecule has 0 amide bonds. The zero-order valence-electron chi connectivity index (χ0n) is 8.03. The van der Waals surface area contributed by atoms with E-state index in [4.69, 9.17) is 5.11 Å². The fourth-order valence-electron chi connectivity index (χ4n) is 1.45. The third-order valence-electron chi connectivity index (χ3n) is 2.27. The lowest BCUT2D eigenvalue weighted by molar-refractivity contribution is -0.141. The van der Waals surface area contributed by atoms with Crippen molar-refractivity contribution < 1.29 is 9.90 Å². The van der Waals surface area contributed by atoms with E-state index < -0.39 is 5.97 Å². The van der Waals surface area contributed by atoms with Crippen molar-refractivity contribution in [1.82, 2.24) is 4.90 Å². The first-order valence-corrected chi connectivity index (χ1v) is 5.88. The molecule has 1 unspecified atom stereocenters. The van der Waals surface area contributed by atoms with Gasteiger partial charge >= 0.3 is 5.97 Å². The molecule has 1 rings (SSSR count). The summed E-state index contributed by atoms with van der Waals surface area (Å²) < 4.78 is 0. The molecule has 1 saturated heterocycles. The maximum Gasteiger partial charge on any atom is 0.307 e. The van der Waals surface area contributed by atoms with Crippen LogP contribution in [0, 0.1) is 5.92 Å². The number of aliphatic carboxylic acids is 1. The highest BCUT2D eigenvalue weighted by atomic mass is 32.2. The zero-order chi connectivity index (χ0) is 9.68. The first-order chi connectivity index (χ1) is 6.20. The Labute approximate surface area is 83.5 Å². The normalized spacial score (nSPS) is 22.2. The van der Waals surface area contributed by atoms with Crippen LogP contribution in [0.2, 0.25) is 0 Å². The van der Waals surface area contributed by atoms with E-state index in [9.17, 15) is 4.79 Å². The molecule has 4 heteroatoms. The minimum absolute atomic E-state index is 0.233.